The van der Waals surface area contributed by atoms with Gasteiger partial charge in [0.15, 0.2) is 0 Å². The van der Waals surface area contributed by atoms with E-state index in [1.54, 1.807) is 0 Å². The molecule has 2 amide bonds. The molecule has 5 heteroatoms. The number of nitrogens with two attached hydrogens (primary N) is 1. The van der Waals surface area contributed by atoms with Crippen molar-refractivity contribution < 1.29 is 4.79 Å². The highest BCUT2D eigenvalue weighted by Gasteiger charge is 2.07. The molecule has 1 atom stereocenters. The van der Waals surface area contributed by atoms with Crippen LogP contribution in [0.5, 0.6) is 0 Å². The molecule has 1 aliphatic rings. The normalized spacial score (nSPS) is 23.4. The standard InChI is InChI=1S/C17H32N4O/c18-17(22)20-21-19-16-14-12-10-8-6-4-2-1-3-5-7-9-11-13-15-16/h1-2,16H,3-15H2,(H3,18,19,20,22)/t16-/m1/s1. The summed E-state index contributed by atoms with van der Waals surface area (Å²) in [6, 6.07) is -0.426. The monoisotopic (exact) mass is 308 g/mol. The number of carbonyl (C=O) groups is 1. The van der Waals surface area contributed by atoms with Crippen LogP contribution in [0.25, 0.3) is 0 Å². The molecule has 1 rings (SSSR count). The Morgan fingerprint density at radius 2 is 1.36 bits per heavy atom. The smallest absolute Gasteiger partial charge is 0.333 e. The highest BCUT2D eigenvalue weighted by Crippen LogP contribution is 2.17. The van der Waals surface area contributed by atoms with E-state index < -0.39 is 6.03 Å². The average molecular weight is 308 g/mol. The first-order valence-corrected chi connectivity index (χ1v) is 8.89. The molecule has 0 aromatic heterocycles. The fraction of sp³-hybridized carbons (Fsp3) is 0.824. The lowest BCUT2D eigenvalue weighted by Crippen LogP contribution is -2.24. The van der Waals surface area contributed by atoms with Gasteiger partial charge >= 0.3 is 6.03 Å². The molecule has 0 heterocycles. The van der Waals surface area contributed by atoms with Crippen LogP contribution < -0.4 is 11.2 Å². The van der Waals surface area contributed by atoms with Gasteiger partial charge in [-0.05, 0) is 38.5 Å². The maximum atomic E-state index is 10.6. The highest BCUT2D eigenvalue weighted by atomic mass is 16.2. The zero-order chi connectivity index (χ0) is 15.9. The van der Waals surface area contributed by atoms with Gasteiger partial charge in [-0.2, -0.15) is 5.11 Å². The number of allylic oxidation sites excluding steroid dienone is 2. The Morgan fingerprint density at radius 3 is 1.91 bits per heavy atom. The van der Waals surface area contributed by atoms with E-state index >= 15 is 0 Å². The van der Waals surface area contributed by atoms with Crippen LogP contribution in [0.15, 0.2) is 22.5 Å². The van der Waals surface area contributed by atoms with Crippen LogP contribution in [0, 0.1) is 0 Å². The van der Waals surface area contributed by atoms with E-state index in [0.717, 1.165) is 12.8 Å². The fourth-order valence-corrected chi connectivity index (χ4v) is 2.82. The first-order chi connectivity index (χ1) is 10.8. The maximum Gasteiger partial charge on any atom is 0.333 e. The number of rotatable bonds is 2. The molecule has 22 heavy (non-hydrogen) atoms. The summed E-state index contributed by atoms with van der Waals surface area (Å²) >= 11 is 0. The number of nitrogens with one attached hydrogen (secondary N) is 1. The highest BCUT2D eigenvalue weighted by molar-refractivity contribution is 5.70. The van der Waals surface area contributed by atoms with Crippen LogP contribution in [0.4, 0.5) is 4.79 Å². The Kier molecular flexibility index (Phi) is 11.3. The number of primary amides is 1. The molecule has 0 fully saturated rings. The summed E-state index contributed by atoms with van der Waals surface area (Å²) < 4.78 is 0. The average Bonchev–Trinajstić information content (AvgIpc) is 2.48. The van der Waals surface area contributed by atoms with Crippen LogP contribution >= 0.6 is 0 Å². The second kappa shape index (κ2) is 13.3. The van der Waals surface area contributed by atoms with E-state index in [2.05, 4.69) is 27.9 Å². The minimum absolute atomic E-state index is 0.222. The van der Waals surface area contributed by atoms with Crippen LogP contribution in [0.2, 0.25) is 0 Å². The van der Waals surface area contributed by atoms with E-state index in [0.29, 0.717) is 0 Å². The van der Waals surface area contributed by atoms with Gasteiger partial charge in [-0.1, -0.05) is 62.3 Å². The van der Waals surface area contributed by atoms with Crippen molar-refractivity contribution in [1.82, 2.24) is 5.43 Å². The molecule has 0 aliphatic heterocycles. The molecule has 0 spiro atoms. The van der Waals surface area contributed by atoms with Gasteiger partial charge in [0, 0.05) is 0 Å². The van der Waals surface area contributed by atoms with Crippen LogP contribution in [0.3, 0.4) is 0 Å². The summed E-state index contributed by atoms with van der Waals surface area (Å²) in [6.07, 6.45) is 20.7. The molecule has 126 valence electrons. The number of amides is 2. The number of carbonyl (C=O) groups excluding carboxylic acids is 1. The number of hydrogen-bond acceptors (Lipinski definition) is 3. The van der Waals surface area contributed by atoms with E-state index in [4.69, 9.17) is 5.73 Å². The lowest BCUT2D eigenvalue weighted by molar-refractivity contribution is 0.248. The van der Waals surface area contributed by atoms with E-state index in [9.17, 15) is 4.79 Å². The lowest BCUT2D eigenvalue weighted by atomic mass is 10.0. The Balaban J connectivity index is 2.35. The van der Waals surface area contributed by atoms with E-state index in [1.807, 2.05) is 0 Å². The Morgan fingerprint density at radius 1 is 0.864 bits per heavy atom. The van der Waals surface area contributed by atoms with Crippen molar-refractivity contribution >= 4 is 6.03 Å². The first kappa shape index (κ1) is 18.7. The van der Waals surface area contributed by atoms with Gasteiger partial charge in [0.1, 0.15) is 0 Å². The van der Waals surface area contributed by atoms with Gasteiger partial charge in [-0.15, -0.1) is 0 Å². The van der Waals surface area contributed by atoms with Gasteiger partial charge in [0.25, 0.3) is 0 Å². The topological polar surface area (TPSA) is 79.8 Å². The van der Waals surface area contributed by atoms with Crippen molar-refractivity contribution in [2.24, 2.45) is 16.1 Å². The van der Waals surface area contributed by atoms with E-state index in [1.165, 1.54) is 70.6 Å². The number of urea groups is 1. The molecule has 0 bridgehead atoms. The molecule has 5 nitrogen and oxygen atoms in total. The van der Waals surface area contributed by atoms with Gasteiger partial charge in [-0.3, -0.25) is 0 Å². The predicted octanol–water partition coefficient (Wildman–Crippen LogP) is 5.03. The van der Waals surface area contributed by atoms with Gasteiger partial charge in [0.05, 0.1) is 6.04 Å². The number of nitrogens with zero attached hydrogens (tertiary/aromatic N) is 2. The molecular weight excluding hydrogens is 276 g/mol. The fourth-order valence-electron chi connectivity index (χ4n) is 2.82. The minimum atomic E-state index is -0.648. The summed E-state index contributed by atoms with van der Waals surface area (Å²) in [5.74, 6) is 0. The summed E-state index contributed by atoms with van der Waals surface area (Å²) in [5, 5.41) is 7.94. The second-order valence-electron chi connectivity index (χ2n) is 6.15. The molecule has 0 saturated carbocycles. The molecular formula is C17H32N4O. The van der Waals surface area contributed by atoms with Crippen molar-refractivity contribution in [3.8, 4) is 0 Å². The SMILES string of the molecule is NC(=O)NN=N[C@@H]1CCCCCCC=CCCCCCCC1. The summed E-state index contributed by atoms with van der Waals surface area (Å²) in [4.78, 5) is 10.6. The largest absolute Gasteiger partial charge is 0.350 e. The van der Waals surface area contributed by atoms with Crippen LogP contribution in [-0.2, 0) is 0 Å². The van der Waals surface area contributed by atoms with Gasteiger partial charge in [-0.25, -0.2) is 10.2 Å². The summed E-state index contributed by atoms with van der Waals surface area (Å²) in [5.41, 5.74) is 7.20. The quantitative estimate of drug-likeness (QED) is 0.418. The zero-order valence-electron chi connectivity index (χ0n) is 13.8. The van der Waals surface area contributed by atoms with Crippen molar-refractivity contribution in [2.75, 3.05) is 0 Å². The van der Waals surface area contributed by atoms with Crippen molar-refractivity contribution in [3.63, 3.8) is 0 Å². The van der Waals surface area contributed by atoms with Gasteiger partial charge < -0.3 is 5.73 Å². The van der Waals surface area contributed by atoms with Gasteiger partial charge in [0.2, 0.25) is 0 Å². The first-order valence-electron chi connectivity index (χ1n) is 8.89. The Hall–Kier alpha value is -1.39. The molecule has 0 aromatic carbocycles. The van der Waals surface area contributed by atoms with Crippen molar-refractivity contribution in [1.29, 1.82) is 0 Å². The summed E-state index contributed by atoms with van der Waals surface area (Å²) in [6.45, 7) is 0. The molecule has 1 aliphatic carbocycles. The molecule has 0 unspecified atom stereocenters. The van der Waals surface area contributed by atoms with Crippen molar-refractivity contribution in [3.05, 3.63) is 12.2 Å². The second-order valence-corrected chi connectivity index (χ2v) is 6.15. The summed E-state index contributed by atoms with van der Waals surface area (Å²) in [7, 11) is 0. The minimum Gasteiger partial charge on any atom is -0.350 e. The Bertz CT molecular complexity index is 342. The molecule has 0 radical (unpaired) electrons. The molecule has 0 aromatic rings. The third-order valence-corrected chi connectivity index (χ3v) is 4.11. The molecule has 0 saturated heterocycles. The van der Waals surface area contributed by atoms with E-state index in [-0.39, 0.29) is 6.04 Å². The third kappa shape index (κ3) is 11.3. The van der Waals surface area contributed by atoms with Crippen molar-refractivity contribution in [2.45, 2.75) is 89.5 Å². The third-order valence-electron chi connectivity index (χ3n) is 4.11. The predicted molar refractivity (Wildman–Crippen MR) is 90.5 cm³/mol. The Labute approximate surface area is 134 Å². The number of hydrogen-bond donors (Lipinski definition) is 2. The lowest BCUT2D eigenvalue weighted by Gasteiger charge is -2.11. The van der Waals surface area contributed by atoms with Crippen LogP contribution in [0.1, 0.15) is 83.5 Å². The zero-order valence-corrected chi connectivity index (χ0v) is 13.8. The maximum absolute atomic E-state index is 10.6. The van der Waals surface area contributed by atoms with Crippen LogP contribution in [-0.4, -0.2) is 12.1 Å². The molecule has 3 N–H and O–H groups in total.